The van der Waals surface area contributed by atoms with Gasteiger partial charge in [-0.15, -0.1) is 0 Å². The van der Waals surface area contributed by atoms with Crippen molar-refractivity contribution in [1.82, 2.24) is 4.90 Å². The monoisotopic (exact) mass is 440 g/mol. The summed E-state index contributed by atoms with van der Waals surface area (Å²) in [5, 5.41) is 11.6. The van der Waals surface area contributed by atoms with Gasteiger partial charge < -0.3 is 19.6 Å². The van der Waals surface area contributed by atoms with Gasteiger partial charge in [0.05, 0.1) is 17.7 Å². The number of benzene rings is 2. The molecule has 0 bridgehead atoms. The van der Waals surface area contributed by atoms with E-state index in [9.17, 15) is 14.7 Å². The Hall–Kier alpha value is -2.83. The van der Waals surface area contributed by atoms with E-state index in [0.717, 1.165) is 24.1 Å². The molecule has 4 rings (SSSR count). The van der Waals surface area contributed by atoms with Crippen molar-refractivity contribution >= 4 is 34.7 Å². The predicted octanol–water partition coefficient (Wildman–Crippen LogP) is 4.01. The first kappa shape index (κ1) is 21.4. The lowest BCUT2D eigenvalue weighted by Crippen LogP contribution is -2.36. The number of hydrogen-bond acceptors (Lipinski definition) is 5. The fourth-order valence-corrected chi connectivity index (χ4v) is 4.27. The van der Waals surface area contributed by atoms with Crippen molar-refractivity contribution in [2.24, 2.45) is 0 Å². The van der Waals surface area contributed by atoms with E-state index in [1.54, 1.807) is 24.3 Å². The van der Waals surface area contributed by atoms with Gasteiger partial charge in [-0.1, -0.05) is 23.7 Å². The molecule has 0 unspecified atom stereocenters. The number of hydrogen-bond donors (Lipinski definition) is 1. The second-order valence-corrected chi connectivity index (χ2v) is 8.52. The van der Waals surface area contributed by atoms with Crippen LogP contribution in [0.4, 0.5) is 5.69 Å². The fourth-order valence-electron chi connectivity index (χ4n) is 4.14. The highest BCUT2D eigenvalue weighted by atomic mass is 35.5. The van der Waals surface area contributed by atoms with E-state index in [4.69, 9.17) is 16.3 Å². The molecule has 7 heteroatoms. The van der Waals surface area contributed by atoms with E-state index in [0.29, 0.717) is 23.7 Å². The maximum atomic E-state index is 13.0. The quantitative estimate of drug-likeness (QED) is 0.432. The first-order valence-electron chi connectivity index (χ1n) is 10.3. The van der Waals surface area contributed by atoms with Crippen LogP contribution in [0, 0.1) is 0 Å². The maximum absolute atomic E-state index is 13.0. The lowest BCUT2D eigenvalue weighted by atomic mass is 9.95. The summed E-state index contributed by atoms with van der Waals surface area (Å²) in [6.07, 6.45) is 1.66. The molecular formula is C24H25ClN2O4. The molecule has 2 fully saturated rings. The second kappa shape index (κ2) is 8.73. The maximum Gasteiger partial charge on any atom is 0.295 e. The number of nitrogens with zero attached hydrogens (tertiary/aromatic N) is 2. The molecule has 0 saturated carbocycles. The number of ketones is 1. The van der Waals surface area contributed by atoms with Crippen molar-refractivity contribution in [2.45, 2.75) is 25.0 Å². The summed E-state index contributed by atoms with van der Waals surface area (Å²) >= 11 is 5.97. The largest absolute Gasteiger partial charge is 0.507 e. The van der Waals surface area contributed by atoms with Crippen molar-refractivity contribution in [2.75, 3.05) is 32.1 Å². The molecule has 1 N–H and O–H groups in total. The zero-order chi connectivity index (χ0) is 22.1. The molecule has 2 heterocycles. The van der Waals surface area contributed by atoms with E-state index in [1.165, 1.54) is 4.90 Å². The Morgan fingerprint density at radius 2 is 1.81 bits per heavy atom. The van der Waals surface area contributed by atoms with Gasteiger partial charge in [-0.2, -0.15) is 0 Å². The van der Waals surface area contributed by atoms with Crippen LogP contribution in [0.25, 0.3) is 5.76 Å². The number of ether oxygens (including phenoxy) is 1. The molecule has 0 aliphatic carbocycles. The van der Waals surface area contributed by atoms with Crippen LogP contribution < -0.4 is 4.90 Å². The van der Waals surface area contributed by atoms with Crippen LogP contribution >= 0.6 is 11.6 Å². The second-order valence-electron chi connectivity index (χ2n) is 8.08. The Labute approximate surface area is 186 Å². The molecule has 0 radical (unpaired) electrons. The highest BCUT2D eigenvalue weighted by molar-refractivity contribution is 6.46. The zero-order valence-corrected chi connectivity index (χ0v) is 18.3. The Morgan fingerprint density at radius 3 is 2.39 bits per heavy atom. The number of likely N-dealkylation sites (tertiary alicyclic amines) is 1. The van der Waals surface area contributed by atoms with Crippen LogP contribution in [0.2, 0.25) is 5.02 Å². The van der Waals surface area contributed by atoms with E-state index in [1.807, 2.05) is 43.3 Å². The molecule has 2 aromatic rings. The topological polar surface area (TPSA) is 70.1 Å². The Morgan fingerprint density at radius 1 is 1.13 bits per heavy atom. The summed E-state index contributed by atoms with van der Waals surface area (Å²) < 4.78 is 5.72. The minimum Gasteiger partial charge on any atom is -0.507 e. The van der Waals surface area contributed by atoms with Gasteiger partial charge in [-0.05, 0) is 54.8 Å². The molecular weight excluding hydrogens is 416 g/mol. The van der Waals surface area contributed by atoms with Crippen LogP contribution in [0.5, 0.6) is 0 Å². The average molecular weight is 441 g/mol. The summed E-state index contributed by atoms with van der Waals surface area (Å²) in [5.74, 6) is -1.51. The van der Waals surface area contributed by atoms with E-state index >= 15 is 0 Å². The Bertz CT molecular complexity index is 1010. The number of Topliss-reactive ketones (excluding diaryl/α,β-unsaturated/α-hetero) is 1. The van der Waals surface area contributed by atoms with Crippen molar-refractivity contribution < 1.29 is 19.4 Å². The predicted molar refractivity (Wildman–Crippen MR) is 120 cm³/mol. The average Bonchev–Trinajstić information content (AvgIpc) is 3.36. The third-order valence-corrected chi connectivity index (χ3v) is 6.06. The first-order valence-corrected chi connectivity index (χ1v) is 10.7. The van der Waals surface area contributed by atoms with Crippen molar-refractivity contribution in [3.63, 3.8) is 0 Å². The standard InChI is InChI=1S/C24H25ClN2O4/c1-26(2)18-11-7-15(8-12-18)21-20(22(28)16-5-9-17(25)10-6-16)23(29)24(30)27(21)14-19-4-3-13-31-19/h5-12,19,21,28H,3-4,13-14H2,1-2H3/t19-,21+/m0/s1. The van der Waals surface area contributed by atoms with Gasteiger partial charge in [-0.25, -0.2) is 0 Å². The molecule has 2 aliphatic heterocycles. The number of amides is 1. The number of aliphatic hydroxyl groups is 1. The zero-order valence-electron chi connectivity index (χ0n) is 17.5. The van der Waals surface area contributed by atoms with Crippen LogP contribution in [-0.4, -0.2) is 55.0 Å². The molecule has 2 saturated heterocycles. The molecule has 162 valence electrons. The molecule has 2 atom stereocenters. The smallest absolute Gasteiger partial charge is 0.295 e. The normalized spacial score (nSPS) is 22.9. The molecule has 2 aromatic carbocycles. The SMILES string of the molecule is CN(C)c1ccc([C@@H]2C(=C(O)c3ccc(Cl)cc3)C(=O)C(=O)N2C[C@@H]2CCCO2)cc1. The number of anilines is 1. The Balaban J connectivity index is 1.80. The van der Waals surface area contributed by atoms with Crippen LogP contribution in [-0.2, 0) is 14.3 Å². The number of carbonyl (C=O) groups excluding carboxylic acids is 2. The molecule has 2 aliphatic rings. The van der Waals surface area contributed by atoms with Crippen molar-refractivity contribution in [3.05, 3.63) is 70.3 Å². The first-order chi connectivity index (χ1) is 14.9. The third-order valence-electron chi connectivity index (χ3n) is 5.81. The van der Waals surface area contributed by atoms with Gasteiger partial charge in [0.1, 0.15) is 5.76 Å². The van der Waals surface area contributed by atoms with E-state index < -0.39 is 17.7 Å². The van der Waals surface area contributed by atoms with E-state index in [2.05, 4.69) is 0 Å². The van der Waals surface area contributed by atoms with Crippen molar-refractivity contribution in [3.8, 4) is 0 Å². The minimum atomic E-state index is -0.688. The highest BCUT2D eigenvalue weighted by Crippen LogP contribution is 2.40. The van der Waals surface area contributed by atoms with Crippen LogP contribution in [0.3, 0.4) is 0 Å². The summed E-state index contributed by atoms with van der Waals surface area (Å²) in [6.45, 7) is 0.962. The van der Waals surface area contributed by atoms with E-state index in [-0.39, 0.29) is 17.4 Å². The molecule has 0 aromatic heterocycles. The number of rotatable bonds is 5. The van der Waals surface area contributed by atoms with Crippen LogP contribution in [0.1, 0.15) is 30.0 Å². The van der Waals surface area contributed by atoms with Gasteiger partial charge >= 0.3 is 0 Å². The van der Waals surface area contributed by atoms with Crippen molar-refractivity contribution in [1.29, 1.82) is 0 Å². The molecule has 31 heavy (non-hydrogen) atoms. The summed E-state index contributed by atoms with van der Waals surface area (Å²) in [5.41, 5.74) is 2.29. The number of halogens is 1. The molecule has 6 nitrogen and oxygen atoms in total. The van der Waals surface area contributed by atoms with Gasteiger partial charge in [0.25, 0.3) is 11.7 Å². The summed E-state index contributed by atoms with van der Waals surface area (Å²) in [4.78, 5) is 29.5. The fraction of sp³-hybridized carbons (Fsp3) is 0.333. The van der Waals surface area contributed by atoms with Crippen LogP contribution in [0.15, 0.2) is 54.1 Å². The molecule has 0 spiro atoms. The lowest BCUT2D eigenvalue weighted by Gasteiger charge is -2.28. The summed E-state index contributed by atoms with van der Waals surface area (Å²) in [6, 6.07) is 13.5. The van der Waals surface area contributed by atoms with Gasteiger partial charge in [0.2, 0.25) is 0 Å². The number of aliphatic hydroxyl groups excluding tert-OH is 1. The van der Waals surface area contributed by atoms with Gasteiger partial charge in [-0.3, -0.25) is 9.59 Å². The Kier molecular flexibility index (Phi) is 6.03. The highest BCUT2D eigenvalue weighted by Gasteiger charge is 2.47. The van der Waals surface area contributed by atoms with Gasteiger partial charge in [0, 0.05) is 43.5 Å². The molecule has 1 amide bonds. The minimum absolute atomic E-state index is 0.0860. The lowest BCUT2D eigenvalue weighted by molar-refractivity contribution is -0.140. The number of carbonyl (C=O) groups is 2. The third kappa shape index (κ3) is 4.18. The van der Waals surface area contributed by atoms with Gasteiger partial charge in [0.15, 0.2) is 0 Å². The summed E-state index contributed by atoms with van der Waals surface area (Å²) in [7, 11) is 3.89.